The van der Waals surface area contributed by atoms with Crippen molar-refractivity contribution in [1.82, 2.24) is 10.2 Å². The highest BCUT2D eigenvalue weighted by molar-refractivity contribution is 5.92. The van der Waals surface area contributed by atoms with Crippen LogP contribution in [-0.2, 0) is 25.5 Å². The number of phenols is 2. The van der Waals surface area contributed by atoms with Gasteiger partial charge in [0.2, 0.25) is 11.8 Å². The van der Waals surface area contributed by atoms with Crippen molar-refractivity contribution < 1.29 is 34.4 Å². The number of hydrogen-bond acceptors (Lipinski definition) is 7. The third kappa shape index (κ3) is 5.34. The predicted molar refractivity (Wildman–Crippen MR) is 145 cm³/mol. The molecule has 216 valence electrons. The fourth-order valence-corrected chi connectivity index (χ4v) is 6.87. The van der Waals surface area contributed by atoms with E-state index in [1.165, 1.54) is 23.1 Å². The standard InChI is InChI=1S/C30H44N2O7/c1-28(2,3)24(31-25(36)22(35)15-17-9-10-20(33)21(34)14-17)26(37)32-13-7-8-19(32)27(38)39-23-16-18-11-12-30(23,6)29(18,4)5/h9-10,14,18-19,22-24,33-35H,7-8,11-13,15-16H2,1-6H3,(H,31,36). The number of nitrogens with one attached hydrogen (secondary N) is 1. The van der Waals surface area contributed by atoms with Crippen LogP contribution in [0, 0.1) is 22.2 Å². The van der Waals surface area contributed by atoms with Gasteiger partial charge in [0, 0.05) is 18.4 Å². The molecule has 39 heavy (non-hydrogen) atoms. The van der Waals surface area contributed by atoms with Gasteiger partial charge in [-0.1, -0.05) is 47.6 Å². The first-order valence-corrected chi connectivity index (χ1v) is 14.1. The minimum absolute atomic E-state index is 0.0763. The van der Waals surface area contributed by atoms with Gasteiger partial charge in [-0.25, -0.2) is 4.79 Å². The number of phenolic OH excluding ortho intramolecular Hbond substituents is 2. The molecular formula is C30H44N2O7. The molecule has 4 N–H and O–H groups in total. The van der Waals surface area contributed by atoms with Crippen LogP contribution in [0.2, 0.25) is 0 Å². The number of aliphatic hydroxyl groups excluding tert-OH is 1. The molecule has 6 unspecified atom stereocenters. The van der Waals surface area contributed by atoms with Crippen LogP contribution in [0.3, 0.4) is 0 Å². The van der Waals surface area contributed by atoms with Crippen molar-refractivity contribution in [3.05, 3.63) is 23.8 Å². The first-order chi connectivity index (χ1) is 18.1. The molecule has 3 fully saturated rings. The Bertz CT molecular complexity index is 1130. The summed E-state index contributed by atoms with van der Waals surface area (Å²) in [4.78, 5) is 41.7. The fraction of sp³-hybridized carbons (Fsp3) is 0.700. The molecular weight excluding hydrogens is 500 g/mol. The van der Waals surface area contributed by atoms with Crippen molar-refractivity contribution in [2.24, 2.45) is 22.2 Å². The fourth-order valence-electron chi connectivity index (χ4n) is 6.87. The highest BCUT2D eigenvalue weighted by atomic mass is 16.5. The van der Waals surface area contributed by atoms with Crippen LogP contribution in [0.1, 0.15) is 79.2 Å². The average Bonchev–Trinajstić information content (AvgIpc) is 3.47. The van der Waals surface area contributed by atoms with Gasteiger partial charge in [-0.05, 0) is 66.5 Å². The summed E-state index contributed by atoms with van der Waals surface area (Å²) in [5, 5.41) is 32.5. The molecule has 1 aromatic rings. The Balaban J connectivity index is 1.43. The van der Waals surface area contributed by atoms with E-state index in [4.69, 9.17) is 4.74 Å². The molecule has 1 aromatic carbocycles. The summed E-state index contributed by atoms with van der Waals surface area (Å²) in [6.45, 7) is 12.6. The first kappa shape index (κ1) is 29.2. The van der Waals surface area contributed by atoms with Crippen molar-refractivity contribution in [2.45, 2.75) is 104 Å². The lowest BCUT2D eigenvalue weighted by Crippen LogP contribution is -2.58. The van der Waals surface area contributed by atoms with E-state index in [1.54, 1.807) is 0 Å². The molecule has 1 aliphatic heterocycles. The molecule has 0 spiro atoms. The van der Waals surface area contributed by atoms with Crippen LogP contribution >= 0.6 is 0 Å². The lowest BCUT2D eigenvalue weighted by atomic mass is 9.70. The molecule has 6 atom stereocenters. The minimum atomic E-state index is -1.48. The van der Waals surface area contributed by atoms with Crippen LogP contribution in [0.15, 0.2) is 18.2 Å². The maximum Gasteiger partial charge on any atom is 0.329 e. The molecule has 4 rings (SSSR count). The summed E-state index contributed by atoms with van der Waals surface area (Å²) in [5.41, 5.74) is -0.216. The summed E-state index contributed by atoms with van der Waals surface area (Å²) in [6, 6.07) is 2.38. The van der Waals surface area contributed by atoms with E-state index >= 15 is 0 Å². The van der Waals surface area contributed by atoms with Gasteiger partial charge in [0.15, 0.2) is 11.5 Å². The van der Waals surface area contributed by atoms with E-state index in [2.05, 4.69) is 26.1 Å². The summed E-state index contributed by atoms with van der Waals surface area (Å²) in [5.74, 6) is -1.60. The smallest absolute Gasteiger partial charge is 0.329 e. The van der Waals surface area contributed by atoms with Crippen LogP contribution in [0.4, 0.5) is 0 Å². The van der Waals surface area contributed by atoms with Crippen molar-refractivity contribution in [3.63, 3.8) is 0 Å². The maximum absolute atomic E-state index is 13.8. The Morgan fingerprint density at radius 2 is 1.82 bits per heavy atom. The van der Waals surface area contributed by atoms with E-state index in [9.17, 15) is 29.7 Å². The van der Waals surface area contributed by atoms with Gasteiger partial charge in [-0.2, -0.15) is 0 Å². The zero-order valence-corrected chi connectivity index (χ0v) is 24.0. The lowest BCUT2D eigenvalue weighted by Gasteiger charge is -2.39. The number of ether oxygens (including phenoxy) is 1. The molecule has 2 aliphatic carbocycles. The second kappa shape index (κ2) is 10.3. The molecule has 2 amide bonds. The van der Waals surface area contributed by atoms with Gasteiger partial charge in [-0.15, -0.1) is 0 Å². The Morgan fingerprint density at radius 1 is 1.13 bits per heavy atom. The van der Waals surface area contributed by atoms with Crippen molar-refractivity contribution in [3.8, 4) is 11.5 Å². The van der Waals surface area contributed by atoms with E-state index in [0.717, 1.165) is 19.3 Å². The highest BCUT2D eigenvalue weighted by Gasteiger charge is 2.63. The van der Waals surface area contributed by atoms with E-state index < -0.39 is 29.5 Å². The number of aliphatic hydroxyl groups is 1. The Kier molecular flexibility index (Phi) is 7.71. The van der Waals surface area contributed by atoms with Gasteiger partial charge in [-0.3, -0.25) is 9.59 Å². The quantitative estimate of drug-likeness (QED) is 0.305. The number of fused-ring (bicyclic) bond motifs is 2. The Hall–Kier alpha value is -2.81. The highest BCUT2D eigenvalue weighted by Crippen LogP contribution is 2.66. The molecule has 0 aromatic heterocycles. The summed E-state index contributed by atoms with van der Waals surface area (Å²) < 4.78 is 6.12. The van der Waals surface area contributed by atoms with Gasteiger partial charge in [0.05, 0.1) is 0 Å². The topological polar surface area (TPSA) is 136 Å². The zero-order chi connectivity index (χ0) is 28.9. The molecule has 2 bridgehead atoms. The van der Waals surface area contributed by atoms with Crippen molar-refractivity contribution >= 4 is 17.8 Å². The number of rotatable bonds is 7. The minimum Gasteiger partial charge on any atom is -0.504 e. The molecule has 2 saturated carbocycles. The number of nitrogens with zero attached hydrogens (tertiary/aromatic N) is 1. The summed E-state index contributed by atoms with van der Waals surface area (Å²) in [6.07, 6.45) is 2.46. The van der Waals surface area contributed by atoms with E-state index in [-0.39, 0.29) is 46.7 Å². The molecule has 3 aliphatic rings. The Labute approximate surface area is 230 Å². The number of benzene rings is 1. The van der Waals surface area contributed by atoms with E-state index in [0.29, 0.717) is 30.9 Å². The molecule has 9 nitrogen and oxygen atoms in total. The molecule has 1 heterocycles. The summed E-state index contributed by atoms with van der Waals surface area (Å²) >= 11 is 0. The zero-order valence-electron chi connectivity index (χ0n) is 24.0. The molecule has 0 radical (unpaired) electrons. The number of carbonyl (C=O) groups excluding carboxylic acids is 3. The summed E-state index contributed by atoms with van der Waals surface area (Å²) in [7, 11) is 0. The Morgan fingerprint density at radius 3 is 2.38 bits per heavy atom. The number of carbonyl (C=O) groups is 3. The van der Waals surface area contributed by atoms with Crippen LogP contribution in [-0.4, -0.2) is 68.8 Å². The van der Waals surface area contributed by atoms with Crippen LogP contribution < -0.4 is 5.32 Å². The second-order valence-corrected chi connectivity index (χ2v) is 13.6. The largest absolute Gasteiger partial charge is 0.504 e. The first-order valence-electron chi connectivity index (χ1n) is 14.1. The number of hydrogen-bond donors (Lipinski definition) is 4. The lowest BCUT2D eigenvalue weighted by molar-refractivity contribution is -0.165. The van der Waals surface area contributed by atoms with E-state index in [1.807, 2.05) is 20.8 Å². The normalized spacial score (nSPS) is 29.2. The maximum atomic E-state index is 13.8. The number of esters is 1. The van der Waals surface area contributed by atoms with Gasteiger partial charge in [0.1, 0.15) is 24.3 Å². The monoisotopic (exact) mass is 544 g/mol. The third-order valence-electron chi connectivity index (χ3n) is 9.95. The van der Waals surface area contributed by atoms with Crippen LogP contribution in [0.25, 0.3) is 0 Å². The number of amides is 2. The van der Waals surface area contributed by atoms with Crippen LogP contribution in [0.5, 0.6) is 11.5 Å². The predicted octanol–water partition coefficient (Wildman–Crippen LogP) is 3.28. The van der Waals surface area contributed by atoms with Crippen molar-refractivity contribution in [2.75, 3.05) is 6.54 Å². The second-order valence-electron chi connectivity index (χ2n) is 13.6. The molecule has 9 heteroatoms. The third-order valence-corrected chi connectivity index (χ3v) is 9.95. The SMILES string of the molecule is CC(C)(C)C(NC(=O)C(O)Cc1ccc(O)c(O)c1)C(=O)N1CCCC1C(=O)OC1CC2CCC1(C)C2(C)C. The van der Waals surface area contributed by atoms with Gasteiger partial charge >= 0.3 is 5.97 Å². The molecule has 1 saturated heterocycles. The number of aromatic hydroxyl groups is 2. The van der Waals surface area contributed by atoms with Crippen molar-refractivity contribution in [1.29, 1.82) is 0 Å². The average molecular weight is 545 g/mol. The van der Waals surface area contributed by atoms with Gasteiger partial charge < -0.3 is 30.3 Å². The van der Waals surface area contributed by atoms with Gasteiger partial charge in [0.25, 0.3) is 0 Å². The number of likely N-dealkylation sites (tertiary alicyclic amines) is 1.